The van der Waals surface area contributed by atoms with Crippen LogP contribution in [0.1, 0.15) is 32.6 Å². The normalized spacial score (nSPS) is 29.7. The molecule has 12 heavy (non-hydrogen) atoms. The van der Waals surface area contributed by atoms with Gasteiger partial charge in [-0.25, -0.2) is 0 Å². The van der Waals surface area contributed by atoms with Crippen LogP contribution in [-0.4, -0.2) is 23.9 Å². The van der Waals surface area contributed by atoms with E-state index < -0.39 is 0 Å². The van der Waals surface area contributed by atoms with Crippen molar-refractivity contribution in [3.05, 3.63) is 12.2 Å². The SMILES string of the molecule is C=C1CC(CCCO)OC1CC. The average molecular weight is 170 g/mol. The summed E-state index contributed by atoms with van der Waals surface area (Å²) in [4.78, 5) is 0. The highest BCUT2D eigenvalue weighted by atomic mass is 16.5. The van der Waals surface area contributed by atoms with E-state index in [2.05, 4.69) is 13.5 Å². The predicted molar refractivity (Wildman–Crippen MR) is 49.0 cm³/mol. The van der Waals surface area contributed by atoms with Crippen LogP contribution in [-0.2, 0) is 4.74 Å². The van der Waals surface area contributed by atoms with Gasteiger partial charge >= 0.3 is 0 Å². The molecular weight excluding hydrogens is 152 g/mol. The van der Waals surface area contributed by atoms with Crippen LogP contribution in [0, 0.1) is 0 Å². The van der Waals surface area contributed by atoms with Gasteiger partial charge in [-0.2, -0.15) is 0 Å². The van der Waals surface area contributed by atoms with Gasteiger partial charge in [0.25, 0.3) is 0 Å². The van der Waals surface area contributed by atoms with Crippen LogP contribution in [0.2, 0.25) is 0 Å². The van der Waals surface area contributed by atoms with Crippen molar-refractivity contribution < 1.29 is 9.84 Å². The molecule has 1 fully saturated rings. The second-order valence-electron chi connectivity index (χ2n) is 3.38. The van der Waals surface area contributed by atoms with Gasteiger partial charge in [0, 0.05) is 6.61 Å². The smallest absolute Gasteiger partial charge is 0.0784 e. The van der Waals surface area contributed by atoms with Crippen molar-refractivity contribution in [2.24, 2.45) is 0 Å². The monoisotopic (exact) mass is 170 g/mol. The van der Waals surface area contributed by atoms with Crippen LogP contribution >= 0.6 is 0 Å². The van der Waals surface area contributed by atoms with Gasteiger partial charge < -0.3 is 9.84 Å². The molecule has 2 nitrogen and oxygen atoms in total. The third-order valence-electron chi connectivity index (χ3n) is 2.36. The summed E-state index contributed by atoms with van der Waals surface area (Å²) >= 11 is 0. The Kier molecular flexibility index (Phi) is 3.76. The lowest BCUT2D eigenvalue weighted by Crippen LogP contribution is -2.10. The van der Waals surface area contributed by atoms with E-state index in [0.29, 0.717) is 6.10 Å². The molecule has 0 radical (unpaired) electrons. The number of ether oxygens (including phenoxy) is 1. The third kappa shape index (κ3) is 2.32. The molecule has 1 aliphatic heterocycles. The Balaban J connectivity index is 2.28. The molecule has 1 aliphatic rings. The predicted octanol–water partition coefficient (Wildman–Crippen LogP) is 1.88. The van der Waals surface area contributed by atoms with E-state index >= 15 is 0 Å². The first kappa shape index (κ1) is 9.75. The van der Waals surface area contributed by atoms with E-state index in [-0.39, 0.29) is 12.7 Å². The number of rotatable bonds is 4. The first-order valence-electron chi connectivity index (χ1n) is 4.72. The van der Waals surface area contributed by atoms with E-state index in [1.54, 1.807) is 0 Å². The van der Waals surface area contributed by atoms with Crippen molar-refractivity contribution in [2.75, 3.05) is 6.61 Å². The zero-order valence-corrected chi connectivity index (χ0v) is 7.75. The highest BCUT2D eigenvalue weighted by Gasteiger charge is 2.26. The summed E-state index contributed by atoms with van der Waals surface area (Å²) in [7, 11) is 0. The van der Waals surface area contributed by atoms with Crippen molar-refractivity contribution in [1.29, 1.82) is 0 Å². The zero-order valence-electron chi connectivity index (χ0n) is 7.75. The first-order chi connectivity index (χ1) is 5.77. The molecule has 0 aromatic carbocycles. The van der Waals surface area contributed by atoms with Crippen LogP contribution in [0.4, 0.5) is 0 Å². The van der Waals surface area contributed by atoms with Crippen LogP contribution in [0.25, 0.3) is 0 Å². The molecule has 0 bridgehead atoms. The molecule has 0 aromatic heterocycles. The summed E-state index contributed by atoms with van der Waals surface area (Å²) in [5.74, 6) is 0. The van der Waals surface area contributed by atoms with Crippen molar-refractivity contribution in [1.82, 2.24) is 0 Å². The van der Waals surface area contributed by atoms with Crippen molar-refractivity contribution in [2.45, 2.75) is 44.8 Å². The third-order valence-corrected chi connectivity index (χ3v) is 2.36. The van der Waals surface area contributed by atoms with Gasteiger partial charge in [0.1, 0.15) is 0 Å². The van der Waals surface area contributed by atoms with Crippen molar-refractivity contribution in [3.8, 4) is 0 Å². The summed E-state index contributed by atoms with van der Waals surface area (Å²) in [6, 6.07) is 0. The maximum Gasteiger partial charge on any atom is 0.0784 e. The molecule has 1 rings (SSSR count). The molecule has 2 heteroatoms. The van der Waals surface area contributed by atoms with Crippen LogP contribution in [0.5, 0.6) is 0 Å². The number of aliphatic hydroxyl groups is 1. The molecule has 1 saturated heterocycles. The van der Waals surface area contributed by atoms with Crippen molar-refractivity contribution in [3.63, 3.8) is 0 Å². The maximum absolute atomic E-state index is 8.64. The minimum Gasteiger partial charge on any atom is -0.396 e. The van der Waals surface area contributed by atoms with Gasteiger partial charge in [0.2, 0.25) is 0 Å². The molecule has 1 heterocycles. The number of hydrogen-bond acceptors (Lipinski definition) is 2. The summed E-state index contributed by atoms with van der Waals surface area (Å²) in [5, 5.41) is 8.64. The highest BCUT2D eigenvalue weighted by molar-refractivity contribution is 5.08. The summed E-state index contributed by atoms with van der Waals surface area (Å²) < 4.78 is 5.71. The molecule has 0 aromatic rings. The average Bonchev–Trinajstić information content (AvgIpc) is 2.43. The Labute approximate surface area is 74.2 Å². The van der Waals surface area contributed by atoms with Crippen LogP contribution in [0.15, 0.2) is 12.2 Å². The molecule has 2 unspecified atom stereocenters. The Morgan fingerprint density at radius 2 is 2.42 bits per heavy atom. The number of aliphatic hydroxyl groups excluding tert-OH is 1. The Morgan fingerprint density at radius 1 is 1.67 bits per heavy atom. The minimum absolute atomic E-state index is 0.267. The molecule has 0 amide bonds. The number of hydrogen-bond donors (Lipinski definition) is 1. The lowest BCUT2D eigenvalue weighted by atomic mass is 10.1. The van der Waals surface area contributed by atoms with E-state index in [4.69, 9.17) is 9.84 Å². The van der Waals surface area contributed by atoms with Gasteiger partial charge in [-0.05, 0) is 31.3 Å². The van der Waals surface area contributed by atoms with Crippen LogP contribution < -0.4 is 0 Å². The van der Waals surface area contributed by atoms with Gasteiger partial charge in [-0.3, -0.25) is 0 Å². The fourth-order valence-corrected chi connectivity index (χ4v) is 1.67. The highest BCUT2D eigenvalue weighted by Crippen LogP contribution is 2.28. The van der Waals surface area contributed by atoms with E-state index in [9.17, 15) is 0 Å². The van der Waals surface area contributed by atoms with Gasteiger partial charge in [-0.15, -0.1) is 0 Å². The second-order valence-corrected chi connectivity index (χ2v) is 3.38. The molecule has 0 aliphatic carbocycles. The first-order valence-corrected chi connectivity index (χ1v) is 4.72. The summed E-state index contributed by atoms with van der Waals surface area (Å²) in [5.41, 5.74) is 1.22. The summed E-state index contributed by atoms with van der Waals surface area (Å²) in [6.07, 6.45) is 4.40. The fourth-order valence-electron chi connectivity index (χ4n) is 1.67. The molecule has 70 valence electrons. The van der Waals surface area contributed by atoms with Crippen molar-refractivity contribution >= 4 is 0 Å². The Morgan fingerprint density at radius 3 is 2.92 bits per heavy atom. The zero-order chi connectivity index (χ0) is 8.97. The Hall–Kier alpha value is -0.340. The molecule has 0 spiro atoms. The quantitative estimate of drug-likeness (QED) is 0.653. The maximum atomic E-state index is 8.64. The fraction of sp³-hybridized carbons (Fsp3) is 0.800. The van der Waals surface area contributed by atoms with E-state index in [1.807, 2.05) is 0 Å². The van der Waals surface area contributed by atoms with E-state index in [1.165, 1.54) is 5.57 Å². The summed E-state index contributed by atoms with van der Waals surface area (Å²) in [6.45, 7) is 6.36. The second kappa shape index (κ2) is 4.63. The largest absolute Gasteiger partial charge is 0.396 e. The standard InChI is InChI=1S/C10H18O2/c1-3-10-8(2)7-9(12-10)5-4-6-11/h9-11H,2-7H2,1H3. The van der Waals surface area contributed by atoms with Gasteiger partial charge in [0.05, 0.1) is 12.2 Å². The van der Waals surface area contributed by atoms with E-state index in [0.717, 1.165) is 25.7 Å². The lowest BCUT2D eigenvalue weighted by molar-refractivity contribution is 0.0418. The molecule has 2 atom stereocenters. The minimum atomic E-state index is 0.267. The Bertz CT molecular complexity index is 154. The van der Waals surface area contributed by atoms with Crippen LogP contribution in [0.3, 0.4) is 0 Å². The van der Waals surface area contributed by atoms with Gasteiger partial charge in [-0.1, -0.05) is 13.5 Å². The lowest BCUT2D eigenvalue weighted by Gasteiger charge is -2.10. The molecule has 0 saturated carbocycles. The van der Waals surface area contributed by atoms with Gasteiger partial charge in [0.15, 0.2) is 0 Å². The molecular formula is C10H18O2. The topological polar surface area (TPSA) is 29.5 Å². The molecule has 1 N–H and O–H groups in total.